The molecule has 1 aromatic carbocycles. The van der Waals surface area contributed by atoms with E-state index in [1.807, 2.05) is 38.1 Å². The molecule has 1 atom stereocenters. The Morgan fingerprint density at radius 3 is 2.74 bits per heavy atom. The Kier molecular flexibility index (Phi) is 4.25. The molecule has 1 unspecified atom stereocenters. The Hall–Kier alpha value is -1.35. The summed E-state index contributed by atoms with van der Waals surface area (Å²) >= 11 is 0. The van der Waals surface area contributed by atoms with Gasteiger partial charge in [0.25, 0.3) is 0 Å². The van der Waals surface area contributed by atoms with Crippen molar-refractivity contribution in [2.75, 3.05) is 6.54 Å². The van der Waals surface area contributed by atoms with Gasteiger partial charge in [0.2, 0.25) is 0 Å². The summed E-state index contributed by atoms with van der Waals surface area (Å²) in [6.07, 6.45) is 2.87. The minimum absolute atomic E-state index is 0.0723. The number of para-hydroxylation sites is 1. The zero-order chi connectivity index (χ0) is 13.9. The standard InChI is InChI=1S/C16H23NO2/c1-4-16(10-7-11-17-16)15(18)13-8-5-6-9-14(13)19-12(2)3/h5-6,8-9,12,17H,4,7,10-11H2,1-3H3. The van der Waals surface area contributed by atoms with Crippen LogP contribution in [0.4, 0.5) is 0 Å². The molecule has 0 radical (unpaired) electrons. The molecule has 1 saturated heterocycles. The summed E-state index contributed by atoms with van der Waals surface area (Å²) in [4.78, 5) is 12.9. The summed E-state index contributed by atoms with van der Waals surface area (Å²) in [5.41, 5.74) is 0.309. The maximum absolute atomic E-state index is 12.9. The maximum Gasteiger partial charge on any atom is 0.186 e. The van der Waals surface area contributed by atoms with Gasteiger partial charge in [-0.1, -0.05) is 19.1 Å². The molecule has 0 bridgehead atoms. The molecule has 3 nitrogen and oxygen atoms in total. The minimum atomic E-state index is -0.392. The van der Waals surface area contributed by atoms with E-state index in [1.165, 1.54) is 0 Å². The summed E-state index contributed by atoms with van der Waals surface area (Å²) in [6, 6.07) is 7.57. The summed E-state index contributed by atoms with van der Waals surface area (Å²) < 4.78 is 5.77. The van der Waals surface area contributed by atoms with Gasteiger partial charge in [0, 0.05) is 0 Å². The molecule has 1 aliphatic rings. The van der Waals surface area contributed by atoms with Crippen LogP contribution in [0.15, 0.2) is 24.3 Å². The van der Waals surface area contributed by atoms with Crippen LogP contribution in [-0.4, -0.2) is 24.0 Å². The number of hydrogen-bond donors (Lipinski definition) is 1. The second-order valence-corrected chi connectivity index (χ2v) is 5.46. The van der Waals surface area contributed by atoms with E-state index in [1.54, 1.807) is 0 Å². The lowest BCUT2D eigenvalue weighted by molar-refractivity contribution is 0.0858. The average molecular weight is 261 g/mol. The molecule has 104 valence electrons. The highest BCUT2D eigenvalue weighted by atomic mass is 16.5. The van der Waals surface area contributed by atoms with Crippen LogP contribution in [0, 0.1) is 0 Å². The predicted octanol–water partition coefficient (Wildman–Crippen LogP) is 3.19. The van der Waals surface area contributed by atoms with Gasteiger partial charge >= 0.3 is 0 Å². The number of ketones is 1. The van der Waals surface area contributed by atoms with Gasteiger partial charge in [-0.15, -0.1) is 0 Å². The number of Topliss-reactive ketones (excluding diaryl/α,β-unsaturated/α-hetero) is 1. The molecule has 19 heavy (non-hydrogen) atoms. The van der Waals surface area contributed by atoms with Gasteiger partial charge in [-0.2, -0.15) is 0 Å². The lowest BCUT2D eigenvalue weighted by Gasteiger charge is -2.27. The lowest BCUT2D eigenvalue weighted by atomic mass is 9.85. The third-order valence-electron chi connectivity index (χ3n) is 3.78. The largest absolute Gasteiger partial charge is 0.490 e. The molecule has 1 aromatic rings. The first kappa shape index (κ1) is 14.1. The minimum Gasteiger partial charge on any atom is -0.490 e. The molecule has 1 aliphatic heterocycles. The van der Waals surface area contributed by atoms with Crippen LogP contribution < -0.4 is 10.1 Å². The number of benzene rings is 1. The molecule has 1 fully saturated rings. The van der Waals surface area contributed by atoms with Crippen LogP contribution in [0.3, 0.4) is 0 Å². The van der Waals surface area contributed by atoms with E-state index in [9.17, 15) is 4.79 Å². The number of rotatable bonds is 5. The molecule has 1 heterocycles. The quantitative estimate of drug-likeness (QED) is 0.827. The van der Waals surface area contributed by atoms with E-state index < -0.39 is 5.54 Å². The Bertz CT molecular complexity index is 448. The number of ether oxygens (including phenoxy) is 1. The zero-order valence-electron chi connectivity index (χ0n) is 12.0. The van der Waals surface area contributed by atoms with Crippen LogP contribution in [0.25, 0.3) is 0 Å². The van der Waals surface area contributed by atoms with Crippen molar-refractivity contribution in [2.24, 2.45) is 0 Å². The molecular formula is C16H23NO2. The van der Waals surface area contributed by atoms with E-state index in [0.29, 0.717) is 11.3 Å². The fraction of sp³-hybridized carbons (Fsp3) is 0.562. The van der Waals surface area contributed by atoms with E-state index in [4.69, 9.17) is 4.74 Å². The zero-order valence-corrected chi connectivity index (χ0v) is 12.0. The van der Waals surface area contributed by atoms with Gasteiger partial charge in [0.1, 0.15) is 5.75 Å². The molecule has 0 amide bonds. The Morgan fingerprint density at radius 1 is 1.42 bits per heavy atom. The summed E-state index contributed by atoms with van der Waals surface area (Å²) in [7, 11) is 0. The first-order valence-corrected chi connectivity index (χ1v) is 7.14. The van der Waals surface area contributed by atoms with Crippen molar-refractivity contribution in [3.63, 3.8) is 0 Å². The van der Waals surface area contributed by atoms with Crippen LogP contribution in [0.5, 0.6) is 5.75 Å². The monoisotopic (exact) mass is 261 g/mol. The topological polar surface area (TPSA) is 38.3 Å². The van der Waals surface area contributed by atoms with E-state index >= 15 is 0 Å². The molecule has 2 rings (SSSR count). The second-order valence-electron chi connectivity index (χ2n) is 5.46. The van der Waals surface area contributed by atoms with Gasteiger partial charge < -0.3 is 10.1 Å². The first-order valence-electron chi connectivity index (χ1n) is 7.14. The molecule has 3 heteroatoms. The molecule has 0 aromatic heterocycles. The van der Waals surface area contributed by atoms with Crippen molar-refractivity contribution in [1.82, 2.24) is 5.32 Å². The third-order valence-corrected chi connectivity index (χ3v) is 3.78. The molecule has 0 saturated carbocycles. The van der Waals surface area contributed by atoms with Crippen molar-refractivity contribution < 1.29 is 9.53 Å². The summed E-state index contributed by atoms with van der Waals surface area (Å²) in [5, 5.41) is 3.39. The van der Waals surface area contributed by atoms with Gasteiger partial charge in [-0.25, -0.2) is 0 Å². The van der Waals surface area contributed by atoms with Crippen molar-refractivity contribution in [3.8, 4) is 5.75 Å². The fourth-order valence-electron chi connectivity index (χ4n) is 2.73. The highest BCUT2D eigenvalue weighted by Crippen LogP contribution is 2.31. The van der Waals surface area contributed by atoms with Gasteiger partial charge in [0.05, 0.1) is 17.2 Å². The lowest BCUT2D eigenvalue weighted by Crippen LogP contribution is -2.47. The second kappa shape index (κ2) is 5.74. The van der Waals surface area contributed by atoms with Crippen molar-refractivity contribution in [2.45, 2.75) is 51.7 Å². The Balaban J connectivity index is 2.33. The summed E-state index contributed by atoms with van der Waals surface area (Å²) in [5.74, 6) is 0.868. The average Bonchev–Trinajstić information content (AvgIpc) is 2.88. The van der Waals surface area contributed by atoms with Gasteiger partial charge in [-0.05, 0) is 51.8 Å². The molecule has 1 N–H and O–H groups in total. The molecule has 0 spiro atoms. The molecular weight excluding hydrogens is 238 g/mol. The van der Waals surface area contributed by atoms with Crippen LogP contribution in [0.1, 0.15) is 50.4 Å². The smallest absolute Gasteiger partial charge is 0.186 e. The van der Waals surface area contributed by atoms with Crippen molar-refractivity contribution in [3.05, 3.63) is 29.8 Å². The van der Waals surface area contributed by atoms with Crippen molar-refractivity contribution >= 4 is 5.78 Å². The Morgan fingerprint density at radius 2 is 2.16 bits per heavy atom. The number of hydrogen-bond acceptors (Lipinski definition) is 3. The highest BCUT2D eigenvalue weighted by Gasteiger charge is 2.40. The van der Waals surface area contributed by atoms with Crippen LogP contribution in [0.2, 0.25) is 0 Å². The van der Waals surface area contributed by atoms with E-state index in [0.717, 1.165) is 25.8 Å². The molecule has 0 aliphatic carbocycles. The SMILES string of the molecule is CCC1(C(=O)c2ccccc2OC(C)C)CCCN1. The van der Waals surface area contributed by atoms with Crippen molar-refractivity contribution in [1.29, 1.82) is 0 Å². The maximum atomic E-state index is 12.9. The van der Waals surface area contributed by atoms with E-state index in [2.05, 4.69) is 12.2 Å². The predicted molar refractivity (Wildman–Crippen MR) is 76.8 cm³/mol. The van der Waals surface area contributed by atoms with Crippen LogP contribution >= 0.6 is 0 Å². The van der Waals surface area contributed by atoms with Gasteiger partial charge in [0.15, 0.2) is 5.78 Å². The number of nitrogens with one attached hydrogen (secondary N) is 1. The highest BCUT2D eigenvalue weighted by molar-refractivity contribution is 6.05. The number of carbonyl (C=O) groups excluding carboxylic acids is 1. The van der Waals surface area contributed by atoms with Gasteiger partial charge in [-0.3, -0.25) is 4.79 Å². The third kappa shape index (κ3) is 2.81. The fourth-order valence-corrected chi connectivity index (χ4v) is 2.73. The normalized spacial score (nSPS) is 22.7. The summed E-state index contributed by atoms with van der Waals surface area (Å²) in [6.45, 7) is 6.95. The number of carbonyl (C=O) groups is 1. The Labute approximate surface area is 115 Å². The van der Waals surface area contributed by atoms with Crippen LogP contribution in [-0.2, 0) is 0 Å². The first-order chi connectivity index (χ1) is 9.09. The van der Waals surface area contributed by atoms with E-state index in [-0.39, 0.29) is 11.9 Å².